The second-order valence-corrected chi connectivity index (χ2v) is 18.7. The van der Waals surface area contributed by atoms with Crippen molar-refractivity contribution in [3.05, 3.63) is 36.0 Å². The van der Waals surface area contributed by atoms with Crippen LogP contribution in [0.25, 0.3) is 10.9 Å². The summed E-state index contributed by atoms with van der Waals surface area (Å²) < 4.78 is 8.19. The molecule has 2 aromatic rings. The van der Waals surface area contributed by atoms with Crippen LogP contribution in [0.2, 0.25) is 45.3 Å². The smallest absolute Gasteiger partial charge is 0.129 e. The zero-order chi connectivity index (χ0) is 17.1. The minimum absolute atomic E-state index is 0.591. The summed E-state index contributed by atoms with van der Waals surface area (Å²) in [6.07, 6.45) is 0. The minimum atomic E-state index is -1.38. The predicted octanol–water partition coefficient (Wildman–Crippen LogP) is 5.18. The van der Waals surface area contributed by atoms with E-state index in [1.54, 1.807) is 0 Å². The number of para-hydroxylation sites is 1. The number of nitrogens with zero attached hydrogens (tertiary/aromatic N) is 1. The molecule has 0 saturated carbocycles. The Bertz CT molecular complexity index is 724. The summed E-state index contributed by atoms with van der Waals surface area (Å²) in [5.74, 6) is 3.40. The van der Waals surface area contributed by atoms with Crippen molar-refractivity contribution in [3.8, 4) is 11.5 Å². The third-order valence-electron chi connectivity index (χ3n) is 3.59. The van der Waals surface area contributed by atoms with Crippen LogP contribution in [0.3, 0.4) is 0 Å². The molecule has 0 unspecified atom stereocenters. The first-order chi connectivity index (χ1) is 10.7. The van der Waals surface area contributed by atoms with Gasteiger partial charge in [-0.3, -0.25) is 0 Å². The molecule has 1 heterocycles. The van der Waals surface area contributed by atoms with Gasteiger partial charge >= 0.3 is 0 Å². The predicted molar refractivity (Wildman–Crippen MR) is 106 cm³/mol. The highest BCUT2D eigenvalue weighted by molar-refractivity contribution is 6.83. The summed E-state index contributed by atoms with van der Waals surface area (Å²) >= 11 is 0. The maximum atomic E-state index is 5.98. The Labute approximate surface area is 142 Å². The summed E-state index contributed by atoms with van der Waals surface area (Å²) in [6, 6.07) is 11.8. The molecule has 0 bridgehead atoms. The molecule has 1 aromatic carbocycles. The van der Waals surface area contributed by atoms with Gasteiger partial charge in [0, 0.05) is 20.1 Å². The van der Waals surface area contributed by atoms with E-state index in [9.17, 15) is 0 Å². The first kappa shape index (κ1) is 18.1. The normalized spacial score (nSPS) is 12.3. The van der Waals surface area contributed by atoms with Gasteiger partial charge in [0.25, 0.3) is 0 Å². The van der Waals surface area contributed by atoms with Crippen LogP contribution in [0.4, 0.5) is 0 Å². The molecular formula is C19H29NOSi2. The molecule has 124 valence electrons. The van der Waals surface area contributed by atoms with E-state index < -0.39 is 16.1 Å². The molecule has 0 aliphatic heterocycles. The van der Waals surface area contributed by atoms with Crippen LogP contribution >= 0.6 is 0 Å². The molecule has 0 fully saturated rings. The van der Waals surface area contributed by atoms with Gasteiger partial charge in [0.2, 0.25) is 0 Å². The van der Waals surface area contributed by atoms with E-state index in [1.807, 2.05) is 0 Å². The van der Waals surface area contributed by atoms with Gasteiger partial charge in [0.15, 0.2) is 0 Å². The van der Waals surface area contributed by atoms with Gasteiger partial charge < -0.3 is 9.30 Å². The number of aromatic nitrogens is 1. The Morgan fingerprint density at radius 3 is 2.39 bits per heavy atom. The maximum Gasteiger partial charge on any atom is 0.129 e. The molecule has 0 N–H and O–H groups in total. The van der Waals surface area contributed by atoms with Gasteiger partial charge in [0.1, 0.15) is 14.8 Å². The summed E-state index contributed by atoms with van der Waals surface area (Å²) in [5, 5.41) is 1.24. The van der Waals surface area contributed by atoms with Crippen LogP contribution in [0.5, 0.6) is 0 Å². The molecule has 2 nitrogen and oxygen atoms in total. The van der Waals surface area contributed by atoms with Crippen molar-refractivity contribution in [2.75, 3.05) is 6.61 Å². The van der Waals surface area contributed by atoms with Gasteiger partial charge in [-0.25, -0.2) is 0 Å². The Morgan fingerprint density at radius 1 is 1.04 bits per heavy atom. The Balaban J connectivity index is 2.23. The highest BCUT2D eigenvalue weighted by Gasteiger charge is 2.13. The highest BCUT2D eigenvalue weighted by Crippen LogP contribution is 2.20. The molecule has 0 aliphatic carbocycles. The lowest BCUT2D eigenvalue weighted by molar-refractivity contribution is 0.0897. The highest BCUT2D eigenvalue weighted by atomic mass is 28.3. The van der Waals surface area contributed by atoms with E-state index in [1.165, 1.54) is 16.9 Å². The standard InChI is InChI=1S/C19H29NOSi2/c1-22(2,3)13-11-18-15-17-9-7-8-10-19(17)20(18)16-21-12-14-23(4,5)6/h7-10,15H,12,14,16H2,1-6H3. The summed E-state index contributed by atoms with van der Waals surface area (Å²) in [7, 11) is -2.43. The first-order valence-electron chi connectivity index (χ1n) is 8.35. The molecule has 0 spiro atoms. The number of ether oxygens (including phenoxy) is 1. The molecule has 4 heteroatoms. The van der Waals surface area contributed by atoms with Crippen molar-refractivity contribution >= 4 is 27.1 Å². The number of hydrogen-bond donors (Lipinski definition) is 0. The second-order valence-electron chi connectivity index (χ2n) is 8.36. The molecule has 0 amide bonds. The zero-order valence-electron chi connectivity index (χ0n) is 15.4. The Hall–Kier alpha value is -1.29. The second kappa shape index (κ2) is 7.08. The average Bonchev–Trinajstić information content (AvgIpc) is 2.77. The van der Waals surface area contributed by atoms with Gasteiger partial charge in [-0.05, 0) is 18.2 Å². The monoisotopic (exact) mass is 343 g/mol. The molecule has 0 aliphatic rings. The lowest BCUT2D eigenvalue weighted by Gasteiger charge is -2.16. The van der Waals surface area contributed by atoms with Gasteiger partial charge in [-0.1, -0.05) is 63.4 Å². The number of hydrogen-bond acceptors (Lipinski definition) is 1. The zero-order valence-corrected chi connectivity index (χ0v) is 17.4. The Morgan fingerprint density at radius 2 is 1.74 bits per heavy atom. The van der Waals surface area contributed by atoms with Gasteiger partial charge in [-0.15, -0.1) is 5.54 Å². The lowest BCUT2D eigenvalue weighted by Crippen LogP contribution is -2.22. The van der Waals surface area contributed by atoms with Gasteiger partial charge in [0.05, 0.1) is 11.2 Å². The molecular weight excluding hydrogens is 314 g/mol. The fourth-order valence-electron chi connectivity index (χ4n) is 2.24. The van der Waals surface area contributed by atoms with E-state index in [0.29, 0.717) is 6.73 Å². The third kappa shape index (κ3) is 5.69. The summed E-state index contributed by atoms with van der Waals surface area (Å²) in [6.45, 7) is 15.4. The summed E-state index contributed by atoms with van der Waals surface area (Å²) in [5.41, 5.74) is 5.75. The minimum Gasteiger partial charge on any atom is -0.361 e. The molecule has 2 rings (SSSR count). The quantitative estimate of drug-likeness (QED) is 0.414. The van der Waals surface area contributed by atoms with E-state index in [0.717, 1.165) is 12.3 Å². The van der Waals surface area contributed by atoms with Crippen LogP contribution in [-0.2, 0) is 11.5 Å². The van der Waals surface area contributed by atoms with E-state index in [4.69, 9.17) is 4.74 Å². The van der Waals surface area contributed by atoms with Crippen molar-refractivity contribution in [2.45, 2.75) is 52.1 Å². The van der Waals surface area contributed by atoms with Crippen molar-refractivity contribution < 1.29 is 4.74 Å². The van der Waals surface area contributed by atoms with Crippen molar-refractivity contribution in [2.24, 2.45) is 0 Å². The number of fused-ring (bicyclic) bond motifs is 1. The van der Waals surface area contributed by atoms with E-state index >= 15 is 0 Å². The Kier molecular flexibility index (Phi) is 5.56. The number of benzene rings is 1. The van der Waals surface area contributed by atoms with E-state index in [-0.39, 0.29) is 0 Å². The maximum absolute atomic E-state index is 5.98. The van der Waals surface area contributed by atoms with Crippen molar-refractivity contribution in [3.63, 3.8) is 0 Å². The van der Waals surface area contributed by atoms with E-state index in [2.05, 4.69) is 85.6 Å². The van der Waals surface area contributed by atoms with Crippen LogP contribution in [0.15, 0.2) is 30.3 Å². The molecule has 0 saturated heterocycles. The largest absolute Gasteiger partial charge is 0.361 e. The fourth-order valence-corrected chi connectivity index (χ4v) is 3.50. The SMILES string of the molecule is C[Si](C)(C)C#Cc1cc2ccccc2n1COCC[Si](C)(C)C. The van der Waals surface area contributed by atoms with Crippen molar-refractivity contribution in [1.82, 2.24) is 4.57 Å². The summed E-state index contributed by atoms with van der Waals surface area (Å²) in [4.78, 5) is 0. The molecule has 1 aromatic heterocycles. The van der Waals surface area contributed by atoms with Crippen LogP contribution in [0, 0.1) is 11.5 Å². The van der Waals surface area contributed by atoms with Gasteiger partial charge in [-0.2, -0.15) is 0 Å². The topological polar surface area (TPSA) is 14.2 Å². The molecule has 0 radical (unpaired) electrons. The average molecular weight is 344 g/mol. The fraction of sp³-hybridized carbons (Fsp3) is 0.474. The lowest BCUT2D eigenvalue weighted by atomic mass is 10.2. The first-order valence-corrected chi connectivity index (χ1v) is 15.6. The molecule has 0 atom stereocenters. The van der Waals surface area contributed by atoms with Crippen LogP contribution in [-0.4, -0.2) is 27.3 Å². The molecule has 23 heavy (non-hydrogen) atoms. The van der Waals surface area contributed by atoms with Crippen molar-refractivity contribution in [1.29, 1.82) is 0 Å². The third-order valence-corrected chi connectivity index (χ3v) is 6.17. The number of rotatable bonds is 5. The van der Waals surface area contributed by atoms with Crippen LogP contribution < -0.4 is 0 Å². The van der Waals surface area contributed by atoms with Crippen LogP contribution in [0.1, 0.15) is 5.69 Å².